The largest absolute Gasteiger partial charge is 0.272 e. The standard InChI is InChI=1S/C4H5N2OS/c5-1-2-8-3-4(6)7/h6H,2-3H2. The van der Waals surface area contributed by atoms with Gasteiger partial charge in [0.1, 0.15) is 0 Å². The summed E-state index contributed by atoms with van der Waals surface area (Å²) in [7, 11) is 0. The first-order valence-electron chi connectivity index (χ1n) is 1.96. The number of carbonyl (C=O) groups is 1. The number of hydrogen-bond donors (Lipinski definition) is 0. The normalized spacial score (nSPS) is 7.88. The predicted octanol–water partition coefficient (Wildman–Crippen LogP) is 0.0527. The maximum absolute atomic E-state index is 9.85. The van der Waals surface area contributed by atoms with Gasteiger partial charge in [0, 0.05) is 0 Å². The fraction of sp³-hybridized carbons (Fsp3) is 0.500. The van der Waals surface area contributed by atoms with Crippen molar-refractivity contribution in [3.63, 3.8) is 0 Å². The van der Waals surface area contributed by atoms with E-state index in [4.69, 9.17) is 11.0 Å². The second-order valence-corrected chi connectivity index (χ2v) is 2.06. The van der Waals surface area contributed by atoms with Crippen LogP contribution in [0.4, 0.5) is 0 Å². The highest BCUT2D eigenvalue weighted by Crippen LogP contribution is 1.95. The molecule has 1 amide bonds. The Balaban J connectivity index is 2.97. The van der Waals surface area contributed by atoms with E-state index >= 15 is 0 Å². The number of carbonyl (C=O) groups excluding carboxylic acids is 1. The van der Waals surface area contributed by atoms with Gasteiger partial charge in [-0.15, -0.1) is 11.8 Å². The Labute approximate surface area is 51.9 Å². The number of rotatable bonds is 3. The molecule has 0 unspecified atom stereocenters. The van der Waals surface area contributed by atoms with E-state index in [1.807, 2.05) is 6.07 Å². The minimum atomic E-state index is -0.620. The topological polar surface area (TPSA) is 64.7 Å². The molecule has 0 bridgehead atoms. The molecule has 0 fully saturated rings. The van der Waals surface area contributed by atoms with E-state index < -0.39 is 5.91 Å². The maximum atomic E-state index is 9.85. The van der Waals surface area contributed by atoms with Gasteiger partial charge in [-0.25, -0.2) is 0 Å². The number of nitriles is 1. The van der Waals surface area contributed by atoms with Crippen molar-refractivity contribution in [2.45, 2.75) is 0 Å². The molecule has 0 rings (SSSR count). The first kappa shape index (κ1) is 7.31. The molecule has 0 aliphatic heterocycles. The molecule has 1 radical (unpaired) electrons. The second kappa shape index (κ2) is 4.47. The number of hydrogen-bond acceptors (Lipinski definition) is 3. The lowest BCUT2D eigenvalue weighted by molar-refractivity contribution is -0.116. The quantitative estimate of drug-likeness (QED) is 0.506. The van der Waals surface area contributed by atoms with Gasteiger partial charge in [0.2, 0.25) is 5.91 Å². The Morgan fingerprint density at radius 2 is 2.50 bits per heavy atom. The summed E-state index contributed by atoms with van der Waals surface area (Å²) < 4.78 is 0. The van der Waals surface area contributed by atoms with Gasteiger partial charge in [-0.05, 0) is 0 Å². The van der Waals surface area contributed by atoms with E-state index in [1.165, 1.54) is 0 Å². The van der Waals surface area contributed by atoms with Crippen LogP contribution in [0.25, 0.3) is 0 Å². The first-order chi connectivity index (χ1) is 3.77. The van der Waals surface area contributed by atoms with Crippen LogP contribution in [0.3, 0.4) is 0 Å². The number of nitrogens with zero attached hydrogens (tertiary/aromatic N) is 1. The molecule has 8 heavy (non-hydrogen) atoms. The Bertz CT molecular complexity index is 118. The van der Waals surface area contributed by atoms with Gasteiger partial charge in [-0.3, -0.25) is 10.5 Å². The van der Waals surface area contributed by atoms with Gasteiger partial charge in [-0.1, -0.05) is 0 Å². The molecule has 0 aliphatic carbocycles. The molecule has 0 aromatic carbocycles. The van der Waals surface area contributed by atoms with Gasteiger partial charge in [0.25, 0.3) is 0 Å². The summed E-state index contributed by atoms with van der Waals surface area (Å²) in [6, 6.07) is 1.85. The monoisotopic (exact) mass is 129 g/mol. The molecule has 0 saturated carbocycles. The van der Waals surface area contributed by atoms with Crippen molar-refractivity contribution >= 4 is 17.7 Å². The van der Waals surface area contributed by atoms with Crippen LogP contribution in [0.5, 0.6) is 0 Å². The summed E-state index contributed by atoms with van der Waals surface area (Å²) in [5.41, 5.74) is 6.39. The van der Waals surface area contributed by atoms with Crippen LogP contribution in [-0.2, 0) is 4.79 Å². The van der Waals surface area contributed by atoms with Crippen molar-refractivity contribution in [1.29, 1.82) is 5.26 Å². The van der Waals surface area contributed by atoms with Gasteiger partial charge in [-0.2, -0.15) is 5.26 Å². The smallest absolute Gasteiger partial charge is 0.248 e. The van der Waals surface area contributed by atoms with Crippen molar-refractivity contribution in [3.8, 4) is 6.07 Å². The molecule has 43 valence electrons. The zero-order valence-corrected chi connectivity index (χ0v) is 4.99. The third kappa shape index (κ3) is 5.31. The van der Waals surface area contributed by atoms with Gasteiger partial charge in [0.15, 0.2) is 0 Å². The van der Waals surface area contributed by atoms with E-state index in [9.17, 15) is 4.79 Å². The summed E-state index contributed by atoms with van der Waals surface area (Å²) >= 11 is 1.16. The van der Waals surface area contributed by atoms with Crippen LogP contribution in [-0.4, -0.2) is 17.4 Å². The molecule has 4 heteroatoms. The number of amides is 1. The number of nitrogens with one attached hydrogen (secondary N) is 1. The lowest BCUT2D eigenvalue weighted by Crippen LogP contribution is -2.00. The highest BCUT2D eigenvalue weighted by molar-refractivity contribution is 8.00. The van der Waals surface area contributed by atoms with E-state index in [0.717, 1.165) is 11.8 Å². The highest BCUT2D eigenvalue weighted by atomic mass is 32.2. The van der Waals surface area contributed by atoms with Crippen molar-refractivity contribution in [3.05, 3.63) is 0 Å². The Morgan fingerprint density at radius 3 is 2.88 bits per heavy atom. The van der Waals surface area contributed by atoms with Crippen LogP contribution in [0.15, 0.2) is 0 Å². The molecule has 1 N–H and O–H groups in total. The summed E-state index contributed by atoms with van der Waals surface area (Å²) in [5.74, 6) is -0.191. The molecule has 0 aliphatic rings. The maximum Gasteiger partial charge on any atom is 0.248 e. The molecule has 0 heterocycles. The summed E-state index contributed by atoms with van der Waals surface area (Å²) in [5, 5.41) is 7.94. The van der Waals surface area contributed by atoms with E-state index in [-0.39, 0.29) is 5.75 Å². The zero-order chi connectivity index (χ0) is 6.41. The summed E-state index contributed by atoms with van der Waals surface area (Å²) in [6.07, 6.45) is 0. The van der Waals surface area contributed by atoms with E-state index in [0.29, 0.717) is 5.75 Å². The average molecular weight is 129 g/mol. The van der Waals surface area contributed by atoms with Crippen molar-refractivity contribution in [2.24, 2.45) is 0 Å². The minimum Gasteiger partial charge on any atom is -0.272 e. The van der Waals surface area contributed by atoms with Crippen LogP contribution >= 0.6 is 11.8 Å². The minimum absolute atomic E-state index is 0.132. The predicted molar refractivity (Wildman–Crippen MR) is 31.0 cm³/mol. The molecule has 0 aromatic rings. The van der Waals surface area contributed by atoms with Gasteiger partial charge >= 0.3 is 0 Å². The molecular weight excluding hydrogens is 124 g/mol. The van der Waals surface area contributed by atoms with Crippen LogP contribution in [0.1, 0.15) is 0 Å². The molecule has 0 saturated heterocycles. The average Bonchev–Trinajstić information content (AvgIpc) is 1.66. The fourth-order valence-electron chi connectivity index (χ4n) is 0.189. The van der Waals surface area contributed by atoms with Gasteiger partial charge in [0.05, 0.1) is 17.6 Å². The van der Waals surface area contributed by atoms with Crippen molar-refractivity contribution in [2.75, 3.05) is 11.5 Å². The van der Waals surface area contributed by atoms with E-state index in [1.54, 1.807) is 0 Å². The lowest BCUT2D eigenvalue weighted by atomic mass is 10.8. The Kier molecular flexibility index (Phi) is 4.08. The zero-order valence-electron chi connectivity index (χ0n) is 4.18. The van der Waals surface area contributed by atoms with Crippen molar-refractivity contribution in [1.82, 2.24) is 5.73 Å². The van der Waals surface area contributed by atoms with E-state index in [2.05, 4.69) is 0 Å². The molecule has 0 spiro atoms. The third-order valence-corrected chi connectivity index (χ3v) is 1.20. The summed E-state index contributed by atoms with van der Waals surface area (Å²) in [4.78, 5) is 9.85. The molecule has 0 aromatic heterocycles. The number of thioether (sulfide) groups is 1. The molecule has 0 atom stereocenters. The first-order valence-corrected chi connectivity index (χ1v) is 3.12. The van der Waals surface area contributed by atoms with Gasteiger partial charge < -0.3 is 0 Å². The Morgan fingerprint density at radius 1 is 1.88 bits per heavy atom. The molecular formula is C4H5N2OS. The summed E-state index contributed by atoms with van der Waals surface area (Å²) in [6.45, 7) is 0. The highest BCUT2D eigenvalue weighted by Gasteiger charge is 1.91. The Hall–Kier alpha value is -0.690. The van der Waals surface area contributed by atoms with Crippen LogP contribution in [0, 0.1) is 11.3 Å². The van der Waals surface area contributed by atoms with Crippen molar-refractivity contribution < 1.29 is 4.79 Å². The molecule has 3 nitrogen and oxygen atoms in total. The third-order valence-electron chi connectivity index (χ3n) is 0.400. The second-order valence-electron chi connectivity index (χ2n) is 1.07. The SMILES string of the molecule is N#CCSCC([NH])=O. The lowest BCUT2D eigenvalue weighted by Gasteiger charge is -1.84. The van der Waals surface area contributed by atoms with Crippen LogP contribution < -0.4 is 5.73 Å². The fourth-order valence-corrected chi connectivity index (χ4v) is 0.568. The van der Waals surface area contributed by atoms with Crippen LogP contribution in [0.2, 0.25) is 0 Å².